The highest BCUT2D eigenvalue weighted by Gasteiger charge is 2.31. The summed E-state index contributed by atoms with van der Waals surface area (Å²) in [6.45, 7) is 4.00. The molecule has 0 fully saturated rings. The van der Waals surface area contributed by atoms with Gasteiger partial charge in [-0.05, 0) is 72.1 Å². The molecule has 30 heavy (non-hydrogen) atoms. The third-order valence-electron chi connectivity index (χ3n) is 4.45. The van der Waals surface area contributed by atoms with Gasteiger partial charge in [0, 0.05) is 5.69 Å². The molecule has 4 aromatic rings. The molecule has 2 aromatic heterocycles. The van der Waals surface area contributed by atoms with E-state index >= 15 is 0 Å². The number of fused-ring (bicyclic) bond motifs is 1. The van der Waals surface area contributed by atoms with E-state index in [1.165, 1.54) is 12.1 Å². The average molecular weight is 414 g/mol. The maximum absolute atomic E-state index is 12.4. The molecule has 0 aliphatic carbocycles. The molecule has 0 N–H and O–H groups in total. The molecule has 0 unspecified atom stereocenters. The van der Waals surface area contributed by atoms with E-state index in [1.54, 1.807) is 12.1 Å². The smallest absolute Gasteiger partial charge is 0.469 e. The first kappa shape index (κ1) is 19.8. The van der Waals surface area contributed by atoms with Crippen molar-refractivity contribution in [3.05, 3.63) is 71.5 Å². The van der Waals surface area contributed by atoms with Gasteiger partial charge < -0.3 is 14.0 Å². The van der Waals surface area contributed by atoms with E-state index in [2.05, 4.69) is 14.9 Å². The predicted molar refractivity (Wildman–Crippen MR) is 104 cm³/mol. The van der Waals surface area contributed by atoms with Crippen molar-refractivity contribution in [2.24, 2.45) is 0 Å². The van der Waals surface area contributed by atoms with Crippen molar-refractivity contribution >= 4 is 11.0 Å². The number of ether oxygens (including phenoxy) is 2. The van der Waals surface area contributed by atoms with Crippen LogP contribution in [0.1, 0.15) is 17.0 Å². The zero-order valence-electron chi connectivity index (χ0n) is 16.2. The fourth-order valence-electron chi connectivity index (χ4n) is 3.13. The third kappa shape index (κ3) is 4.37. The third-order valence-corrected chi connectivity index (χ3v) is 4.45. The molecule has 2 heterocycles. The molecular formula is C22H17F3N2O3. The molecule has 0 aliphatic rings. The lowest BCUT2D eigenvalue weighted by Crippen LogP contribution is -2.16. The van der Waals surface area contributed by atoms with E-state index in [9.17, 15) is 13.2 Å². The highest BCUT2D eigenvalue weighted by molar-refractivity contribution is 5.89. The molecule has 0 bridgehead atoms. The van der Waals surface area contributed by atoms with E-state index in [0.29, 0.717) is 16.8 Å². The van der Waals surface area contributed by atoms with Gasteiger partial charge in [-0.1, -0.05) is 18.2 Å². The minimum atomic E-state index is -4.72. The lowest BCUT2D eigenvalue weighted by molar-refractivity contribution is -0.274. The minimum absolute atomic E-state index is 0.232. The standard InChI is InChI=1S/C22H17F3N2O3/c1-13-10-16(15-6-8-18(9-7-15)29-22(23,24)25)11-19-20(13)30-27-21(19)28-12-17-5-3-4-14(2)26-17/h3-11H,12H2,1-2H3. The maximum atomic E-state index is 12.4. The lowest BCUT2D eigenvalue weighted by atomic mass is 10.0. The number of aryl methyl sites for hydroxylation is 2. The Labute approximate surface area is 170 Å². The average Bonchev–Trinajstić information content (AvgIpc) is 3.09. The Morgan fingerprint density at radius 3 is 2.43 bits per heavy atom. The molecule has 0 aliphatic heterocycles. The van der Waals surface area contributed by atoms with Gasteiger partial charge >= 0.3 is 6.36 Å². The summed E-state index contributed by atoms with van der Waals surface area (Å²) in [6, 6.07) is 15.0. The fourth-order valence-corrected chi connectivity index (χ4v) is 3.13. The van der Waals surface area contributed by atoms with Gasteiger partial charge in [0.25, 0.3) is 5.88 Å². The van der Waals surface area contributed by atoms with E-state index in [4.69, 9.17) is 9.26 Å². The summed E-state index contributed by atoms with van der Waals surface area (Å²) in [5, 5.41) is 4.69. The van der Waals surface area contributed by atoms with E-state index < -0.39 is 6.36 Å². The molecule has 5 nitrogen and oxygen atoms in total. The molecule has 8 heteroatoms. The molecule has 0 amide bonds. The number of nitrogens with zero attached hydrogens (tertiary/aromatic N) is 2. The molecule has 0 spiro atoms. The van der Waals surface area contributed by atoms with E-state index in [1.807, 2.05) is 44.2 Å². The number of aromatic nitrogens is 2. The van der Waals surface area contributed by atoms with Crippen LogP contribution in [0.25, 0.3) is 22.1 Å². The van der Waals surface area contributed by atoms with Crippen molar-refractivity contribution < 1.29 is 27.2 Å². The van der Waals surface area contributed by atoms with Gasteiger partial charge in [-0.2, -0.15) is 0 Å². The molecule has 0 radical (unpaired) electrons. The zero-order chi connectivity index (χ0) is 21.3. The summed E-state index contributed by atoms with van der Waals surface area (Å²) in [5.74, 6) is 0.0546. The van der Waals surface area contributed by atoms with Crippen LogP contribution < -0.4 is 9.47 Å². The summed E-state index contributed by atoms with van der Waals surface area (Å²) in [7, 11) is 0. The number of rotatable bonds is 5. The summed E-state index contributed by atoms with van der Waals surface area (Å²) < 4.78 is 52.2. The second kappa shape index (κ2) is 7.70. The quantitative estimate of drug-likeness (QED) is 0.402. The van der Waals surface area contributed by atoms with E-state index in [-0.39, 0.29) is 12.4 Å². The Hall–Kier alpha value is -3.55. The normalized spacial score (nSPS) is 11.6. The Kier molecular flexibility index (Phi) is 5.07. The zero-order valence-corrected chi connectivity index (χ0v) is 16.2. The summed E-state index contributed by atoms with van der Waals surface area (Å²) in [4.78, 5) is 4.39. The Bertz CT molecular complexity index is 1180. The van der Waals surface area contributed by atoms with Gasteiger partial charge in [0.1, 0.15) is 12.4 Å². The summed E-state index contributed by atoms with van der Waals surface area (Å²) >= 11 is 0. The second-order valence-corrected chi connectivity index (χ2v) is 6.79. The molecule has 4 rings (SSSR count). The van der Waals surface area contributed by atoms with E-state index in [0.717, 1.165) is 28.1 Å². The summed E-state index contributed by atoms with van der Waals surface area (Å²) in [5.41, 5.74) is 4.58. The fraction of sp³-hybridized carbons (Fsp3) is 0.182. The van der Waals surface area contributed by atoms with Crippen LogP contribution >= 0.6 is 0 Å². The van der Waals surface area contributed by atoms with Crippen LogP contribution in [0.2, 0.25) is 0 Å². The number of benzene rings is 2. The van der Waals surface area contributed by atoms with Crippen molar-refractivity contribution in [2.75, 3.05) is 0 Å². The minimum Gasteiger partial charge on any atom is -0.469 e. The topological polar surface area (TPSA) is 57.4 Å². The van der Waals surface area contributed by atoms with Gasteiger partial charge in [0.05, 0.1) is 11.1 Å². The first-order chi connectivity index (χ1) is 14.3. The molecular weight excluding hydrogens is 397 g/mol. The van der Waals surface area contributed by atoms with Crippen molar-refractivity contribution in [1.82, 2.24) is 10.1 Å². The molecule has 0 saturated heterocycles. The Balaban J connectivity index is 1.61. The van der Waals surface area contributed by atoms with Crippen molar-refractivity contribution in [3.63, 3.8) is 0 Å². The van der Waals surface area contributed by atoms with Crippen LogP contribution in [-0.4, -0.2) is 16.5 Å². The number of hydrogen-bond acceptors (Lipinski definition) is 5. The van der Waals surface area contributed by atoms with Crippen LogP contribution in [0, 0.1) is 13.8 Å². The Morgan fingerprint density at radius 2 is 1.73 bits per heavy atom. The molecule has 0 atom stereocenters. The highest BCUT2D eigenvalue weighted by atomic mass is 19.4. The highest BCUT2D eigenvalue weighted by Crippen LogP contribution is 2.34. The number of halogens is 3. The van der Waals surface area contributed by atoms with Crippen LogP contribution in [0.5, 0.6) is 11.6 Å². The van der Waals surface area contributed by atoms with Crippen molar-refractivity contribution in [2.45, 2.75) is 26.8 Å². The lowest BCUT2D eigenvalue weighted by Gasteiger charge is -2.10. The van der Waals surface area contributed by atoms with Gasteiger partial charge in [-0.3, -0.25) is 4.98 Å². The second-order valence-electron chi connectivity index (χ2n) is 6.79. The first-order valence-corrected chi connectivity index (χ1v) is 9.10. The van der Waals surface area contributed by atoms with Gasteiger partial charge in [0.2, 0.25) is 0 Å². The monoisotopic (exact) mass is 414 g/mol. The first-order valence-electron chi connectivity index (χ1n) is 9.10. The predicted octanol–water partition coefficient (Wildman–Crippen LogP) is 5.98. The van der Waals surface area contributed by atoms with Crippen molar-refractivity contribution in [3.8, 4) is 22.8 Å². The molecule has 0 saturated carbocycles. The summed E-state index contributed by atoms with van der Waals surface area (Å²) in [6.07, 6.45) is -4.72. The Morgan fingerprint density at radius 1 is 0.967 bits per heavy atom. The SMILES string of the molecule is Cc1cccc(COc2noc3c(C)cc(-c4ccc(OC(F)(F)F)cc4)cc23)n1. The maximum Gasteiger partial charge on any atom is 0.573 e. The largest absolute Gasteiger partial charge is 0.573 e. The van der Waals surface area contributed by atoms with Crippen LogP contribution in [0.4, 0.5) is 13.2 Å². The van der Waals surface area contributed by atoms with Gasteiger partial charge in [0.15, 0.2) is 5.58 Å². The van der Waals surface area contributed by atoms with Crippen LogP contribution in [0.3, 0.4) is 0 Å². The number of alkyl halides is 3. The van der Waals surface area contributed by atoms with Crippen LogP contribution in [-0.2, 0) is 6.61 Å². The number of pyridine rings is 1. The van der Waals surface area contributed by atoms with Gasteiger partial charge in [-0.15, -0.1) is 13.2 Å². The van der Waals surface area contributed by atoms with Gasteiger partial charge in [-0.25, -0.2) is 0 Å². The molecule has 2 aromatic carbocycles. The molecule has 154 valence electrons. The number of hydrogen-bond donors (Lipinski definition) is 0. The van der Waals surface area contributed by atoms with Crippen LogP contribution in [0.15, 0.2) is 59.1 Å². The van der Waals surface area contributed by atoms with Crippen molar-refractivity contribution in [1.29, 1.82) is 0 Å².